The first kappa shape index (κ1) is 13.5. The Balaban J connectivity index is 1.92. The van der Waals surface area contributed by atoms with Crippen molar-refractivity contribution in [1.82, 2.24) is 14.5 Å². The van der Waals surface area contributed by atoms with E-state index in [1.165, 1.54) is 0 Å². The first-order chi connectivity index (χ1) is 10.1. The molecule has 1 aromatic heterocycles. The van der Waals surface area contributed by atoms with Gasteiger partial charge in [-0.1, -0.05) is 0 Å². The van der Waals surface area contributed by atoms with Gasteiger partial charge in [-0.2, -0.15) is 0 Å². The van der Waals surface area contributed by atoms with Gasteiger partial charge in [-0.3, -0.25) is 4.79 Å². The van der Waals surface area contributed by atoms with Crippen LogP contribution in [-0.4, -0.2) is 41.0 Å². The predicted octanol–water partition coefficient (Wildman–Crippen LogP) is 1.19. The molecule has 0 saturated heterocycles. The highest BCUT2D eigenvalue weighted by Crippen LogP contribution is 2.28. The molecule has 110 valence electrons. The average Bonchev–Trinajstić information content (AvgIpc) is 2.94. The SMILES string of the molecule is CN(C)C(=O)c1ccc(N)c(N2CCn3ccnc3C2)c1. The maximum absolute atomic E-state index is 12.1. The van der Waals surface area contributed by atoms with Gasteiger partial charge in [0.25, 0.3) is 5.91 Å². The van der Waals surface area contributed by atoms with Crippen molar-refractivity contribution in [3.63, 3.8) is 0 Å². The van der Waals surface area contributed by atoms with Crippen LogP contribution in [0.25, 0.3) is 0 Å². The van der Waals surface area contributed by atoms with E-state index in [0.29, 0.717) is 17.8 Å². The molecule has 1 aromatic carbocycles. The lowest BCUT2D eigenvalue weighted by atomic mass is 10.1. The van der Waals surface area contributed by atoms with Crippen LogP contribution in [0.2, 0.25) is 0 Å². The summed E-state index contributed by atoms with van der Waals surface area (Å²) in [5.41, 5.74) is 8.33. The third-order valence-electron chi connectivity index (χ3n) is 3.77. The molecular weight excluding hydrogens is 266 g/mol. The molecule has 6 nitrogen and oxygen atoms in total. The van der Waals surface area contributed by atoms with Gasteiger partial charge in [0.2, 0.25) is 0 Å². The quantitative estimate of drug-likeness (QED) is 0.842. The minimum Gasteiger partial charge on any atom is -0.397 e. The van der Waals surface area contributed by atoms with Crippen LogP contribution in [-0.2, 0) is 13.1 Å². The number of carbonyl (C=O) groups is 1. The number of rotatable bonds is 2. The number of nitrogens with two attached hydrogens (primary N) is 1. The van der Waals surface area contributed by atoms with Gasteiger partial charge in [0.15, 0.2) is 0 Å². The summed E-state index contributed by atoms with van der Waals surface area (Å²) in [6.45, 7) is 2.44. The van der Waals surface area contributed by atoms with Gasteiger partial charge in [-0.25, -0.2) is 4.98 Å². The van der Waals surface area contributed by atoms with E-state index in [2.05, 4.69) is 14.5 Å². The molecule has 0 radical (unpaired) electrons. The van der Waals surface area contributed by atoms with Crippen LogP contribution in [0.4, 0.5) is 11.4 Å². The molecule has 0 unspecified atom stereocenters. The number of imidazole rings is 1. The maximum atomic E-state index is 12.1. The van der Waals surface area contributed by atoms with Gasteiger partial charge in [-0.05, 0) is 18.2 Å². The molecule has 0 atom stereocenters. The van der Waals surface area contributed by atoms with Crippen LogP contribution in [0.5, 0.6) is 0 Å². The Morgan fingerprint density at radius 1 is 1.33 bits per heavy atom. The summed E-state index contributed by atoms with van der Waals surface area (Å²) >= 11 is 0. The fourth-order valence-corrected chi connectivity index (χ4v) is 2.59. The van der Waals surface area contributed by atoms with Crippen molar-refractivity contribution in [2.24, 2.45) is 0 Å². The summed E-state index contributed by atoms with van der Waals surface area (Å²) < 4.78 is 2.14. The molecule has 0 aliphatic carbocycles. The van der Waals surface area contributed by atoms with Crippen LogP contribution in [0.1, 0.15) is 16.2 Å². The molecule has 6 heteroatoms. The van der Waals surface area contributed by atoms with E-state index in [4.69, 9.17) is 5.73 Å². The van der Waals surface area contributed by atoms with Crippen molar-refractivity contribution in [1.29, 1.82) is 0 Å². The molecule has 2 aromatic rings. The smallest absolute Gasteiger partial charge is 0.253 e. The molecule has 0 spiro atoms. The highest BCUT2D eigenvalue weighted by Gasteiger charge is 2.20. The van der Waals surface area contributed by atoms with Gasteiger partial charge >= 0.3 is 0 Å². The Bertz CT molecular complexity index is 676. The van der Waals surface area contributed by atoms with Gasteiger partial charge in [0, 0.05) is 45.1 Å². The predicted molar refractivity (Wildman–Crippen MR) is 82.1 cm³/mol. The molecule has 0 fully saturated rings. The van der Waals surface area contributed by atoms with Crippen LogP contribution >= 0.6 is 0 Å². The van der Waals surface area contributed by atoms with Crippen molar-refractivity contribution in [3.8, 4) is 0 Å². The molecular formula is C15H19N5O. The van der Waals surface area contributed by atoms with E-state index in [0.717, 1.165) is 24.6 Å². The molecule has 2 N–H and O–H groups in total. The average molecular weight is 285 g/mol. The normalized spacial score (nSPS) is 13.9. The number of fused-ring (bicyclic) bond motifs is 1. The Labute approximate surface area is 123 Å². The van der Waals surface area contributed by atoms with Gasteiger partial charge < -0.3 is 20.1 Å². The van der Waals surface area contributed by atoms with E-state index >= 15 is 0 Å². The number of nitrogens with zero attached hydrogens (tertiary/aromatic N) is 4. The van der Waals surface area contributed by atoms with Crippen LogP contribution in [0, 0.1) is 0 Å². The number of nitrogen functional groups attached to an aromatic ring is 1. The van der Waals surface area contributed by atoms with Gasteiger partial charge in [0.1, 0.15) is 5.82 Å². The molecule has 21 heavy (non-hydrogen) atoms. The second kappa shape index (κ2) is 5.12. The zero-order valence-corrected chi connectivity index (χ0v) is 12.3. The van der Waals surface area contributed by atoms with Crippen LogP contribution < -0.4 is 10.6 Å². The third kappa shape index (κ3) is 2.44. The summed E-state index contributed by atoms with van der Waals surface area (Å²) in [6.07, 6.45) is 3.80. The Kier molecular flexibility index (Phi) is 3.29. The van der Waals surface area contributed by atoms with Crippen molar-refractivity contribution >= 4 is 17.3 Å². The number of amides is 1. The lowest BCUT2D eigenvalue weighted by Gasteiger charge is -2.30. The zero-order valence-electron chi connectivity index (χ0n) is 12.3. The second-order valence-electron chi connectivity index (χ2n) is 5.43. The molecule has 1 amide bonds. The second-order valence-corrected chi connectivity index (χ2v) is 5.43. The van der Waals surface area contributed by atoms with Gasteiger partial charge in [0.05, 0.1) is 17.9 Å². The van der Waals surface area contributed by atoms with Crippen LogP contribution in [0.15, 0.2) is 30.6 Å². The van der Waals surface area contributed by atoms with E-state index < -0.39 is 0 Å². The summed E-state index contributed by atoms with van der Waals surface area (Å²) in [5, 5.41) is 0. The fourth-order valence-electron chi connectivity index (χ4n) is 2.59. The minimum absolute atomic E-state index is 0.0187. The highest BCUT2D eigenvalue weighted by atomic mass is 16.2. The summed E-state index contributed by atoms with van der Waals surface area (Å²) in [5.74, 6) is 1.000. The number of hydrogen-bond acceptors (Lipinski definition) is 4. The molecule has 1 aliphatic rings. The molecule has 3 rings (SSSR count). The number of hydrogen-bond donors (Lipinski definition) is 1. The monoisotopic (exact) mass is 285 g/mol. The summed E-state index contributed by atoms with van der Waals surface area (Å²) in [6, 6.07) is 5.44. The molecule has 0 saturated carbocycles. The Morgan fingerprint density at radius 2 is 2.14 bits per heavy atom. The topological polar surface area (TPSA) is 67.4 Å². The minimum atomic E-state index is -0.0187. The van der Waals surface area contributed by atoms with E-state index in [1.54, 1.807) is 31.1 Å². The summed E-state index contributed by atoms with van der Waals surface area (Å²) in [4.78, 5) is 20.2. The lowest BCUT2D eigenvalue weighted by molar-refractivity contribution is 0.0827. The maximum Gasteiger partial charge on any atom is 0.253 e. The standard InChI is InChI=1S/C15H19N5O/c1-18(2)15(21)11-3-4-12(16)13(9-11)20-8-7-19-6-5-17-14(19)10-20/h3-6,9H,7-8,10,16H2,1-2H3. The van der Waals surface area contributed by atoms with E-state index in [1.807, 2.05) is 18.5 Å². The number of benzene rings is 1. The highest BCUT2D eigenvalue weighted by molar-refractivity contribution is 5.96. The third-order valence-corrected chi connectivity index (χ3v) is 3.77. The number of anilines is 2. The molecule has 2 heterocycles. The van der Waals surface area contributed by atoms with E-state index in [9.17, 15) is 4.79 Å². The summed E-state index contributed by atoms with van der Waals surface area (Å²) in [7, 11) is 3.49. The van der Waals surface area contributed by atoms with E-state index in [-0.39, 0.29) is 5.91 Å². The van der Waals surface area contributed by atoms with Crippen molar-refractivity contribution in [2.45, 2.75) is 13.1 Å². The van der Waals surface area contributed by atoms with Crippen molar-refractivity contribution < 1.29 is 4.79 Å². The van der Waals surface area contributed by atoms with Gasteiger partial charge in [-0.15, -0.1) is 0 Å². The largest absolute Gasteiger partial charge is 0.397 e. The first-order valence-corrected chi connectivity index (χ1v) is 6.92. The number of aromatic nitrogens is 2. The van der Waals surface area contributed by atoms with Crippen molar-refractivity contribution in [3.05, 3.63) is 42.0 Å². The molecule has 1 aliphatic heterocycles. The fraction of sp³-hybridized carbons (Fsp3) is 0.333. The lowest BCUT2D eigenvalue weighted by Crippen LogP contribution is -2.34. The Hall–Kier alpha value is -2.50. The first-order valence-electron chi connectivity index (χ1n) is 6.92. The Morgan fingerprint density at radius 3 is 2.90 bits per heavy atom. The molecule has 0 bridgehead atoms. The number of carbonyl (C=O) groups excluding carboxylic acids is 1. The zero-order chi connectivity index (χ0) is 15.0. The van der Waals surface area contributed by atoms with Crippen molar-refractivity contribution in [2.75, 3.05) is 31.3 Å². The van der Waals surface area contributed by atoms with Crippen LogP contribution in [0.3, 0.4) is 0 Å².